The zero-order valence-corrected chi connectivity index (χ0v) is 16.9. The van der Waals surface area contributed by atoms with E-state index < -0.39 is 36.1 Å². The van der Waals surface area contributed by atoms with E-state index in [9.17, 15) is 18.4 Å². The summed E-state index contributed by atoms with van der Waals surface area (Å²) in [6, 6.07) is 13.5. The van der Waals surface area contributed by atoms with Gasteiger partial charge in [0, 0.05) is 30.9 Å². The van der Waals surface area contributed by atoms with Crippen molar-refractivity contribution in [3.8, 4) is 11.1 Å². The Hall–Kier alpha value is -3.10. The number of amides is 2. The number of anilines is 1. The van der Waals surface area contributed by atoms with Crippen LogP contribution in [0, 0.1) is 0 Å². The van der Waals surface area contributed by atoms with E-state index in [1.807, 2.05) is 0 Å². The quantitative estimate of drug-likeness (QED) is 0.574. The predicted octanol–water partition coefficient (Wildman–Crippen LogP) is 4.50. The third-order valence-corrected chi connectivity index (χ3v) is 4.57. The first-order chi connectivity index (χ1) is 14.3. The maximum absolute atomic E-state index is 13.5. The van der Waals surface area contributed by atoms with E-state index in [0.29, 0.717) is 16.1 Å². The van der Waals surface area contributed by atoms with Crippen molar-refractivity contribution >= 4 is 29.1 Å². The molecule has 9 heteroatoms. The second-order valence-corrected chi connectivity index (χ2v) is 6.84. The molecule has 0 radical (unpaired) electrons. The van der Waals surface area contributed by atoms with Crippen molar-refractivity contribution in [1.29, 1.82) is 0 Å². The van der Waals surface area contributed by atoms with Gasteiger partial charge in [0.05, 0.1) is 11.3 Å². The lowest BCUT2D eigenvalue weighted by atomic mass is 10.0. The van der Waals surface area contributed by atoms with Gasteiger partial charge in [0.2, 0.25) is 0 Å². The fourth-order valence-electron chi connectivity index (χ4n) is 3.03. The van der Waals surface area contributed by atoms with Gasteiger partial charge in [-0.2, -0.15) is 5.10 Å². The number of methoxy groups -OCH3 is 1. The van der Waals surface area contributed by atoms with Gasteiger partial charge < -0.3 is 4.74 Å². The van der Waals surface area contributed by atoms with Gasteiger partial charge in [0.15, 0.2) is 5.69 Å². The molecule has 0 aliphatic carbocycles. The molecular weight excluding hydrogens is 416 g/mol. The highest BCUT2D eigenvalue weighted by atomic mass is 35.5. The Balaban J connectivity index is 2.16. The summed E-state index contributed by atoms with van der Waals surface area (Å²) in [4.78, 5) is 26.9. The molecule has 0 aliphatic heterocycles. The van der Waals surface area contributed by atoms with E-state index in [-0.39, 0.29) is 5.69 Å². The van der Waals surface area contributed by atoms with Crippen LogP contribution in [0.15, 0.2) is 54.7 Å². The summed E-state index contributed by atoms with van der Waals surface area (Å²) >= 11 is 5.96. The average Bonchev–Trinajstić information content (AvgIpc) is 3.12. The van der Waals surface area contributed by atoms with E-state index >= 15 is 0 Å². The molecule has 2 aromatic carbocycles. The van der Waals surface area contributed by atoms with Gasteiger partial charge in [-0.3, -0.25) is 14.3 Å². The molecule has 30 heavy (non-hydrogen) atoms. The number of imide groups is 1. The molecule has 1 heterocycles. The molecule has 1 aromatic heterocycles. The summed E-state index contributed by atoms with van der Waals surface area (Å²) < 4.78 is 32.9. The molecule has 0 saturated carbocycles. The Morgan fingerprint density at radius 1 is 1.17 bits per heavy atom. The number of halogens is 3. The van der Waals surface area contributed by atoms with E-state index in [1.165, 1.54) is 14.2 Å². The number of carbonyl (C=O) groups is 2. The Morgan fingerprint density at radius 2 is 1.83 bits per heavy atom. The molecular formula is C21H18ClF2N3O3. The van der Waals surface area contributed by atoms with Crippen LogP contribution in [0.4, 0.5) is 14.5 Å². The Labute approximate surface area is 176 Å². The summed E-state index contributed by atoms with van der Waals surface area (Å²) in [6.45, 7) is -0.419. The number of alkyl halides is 2. The summed E-state index contributed by atoms with van der Waals surface area (Å²) in [6.07, 6.45) is -1.87. The maximum Gasteiger partial charge on any atom is 0.286 e. The normalized spacial score (nSPS) is 11.0. The number of rotatable bonds is 6. The van der Waals surface area contributed by atoms with Crippen LogP contribution in [0.1, 0.15) is 22.5 Å². The molecule has 2 amide bonds. The molecule has 3 aromatic rings. The van der Waals surface area contributed by atoms with Gasteiger partial charge in [-0.1, -0.05) is 41.9 Å². The molecule has 0 unspecified atom stereocenters. The summed E-state index contributed by atoms with van der Waals surface area (Å²) in [7, 11) is 2.72. The minimum Gasteiger partial charge on any atom is -0.375 e. The zero-order valence-electron chi connectivity index (χ0n) is 16.2. The van der Waals surface area contributed by atoms with Crippen LogP contribution < -0.4 is 4.90 Å². The fraction of sp³-hybridized carbons (Fsp3) is 0.190. The van der Waals surface area contributed by atoms with Crippen molar-refractivity contribution in [2.75, 3.05) is 18.6 Å². The third kappa shape index (κ3) is 4.39. The lowest BCUT2D eigenvalue weighted by Gasteiger charge is -2.23. The number of aromatic nitrogens is 2. The number of hydrogen-bond acceptors (Lipinski definition) is 4. The van der Waals surface area contributed by atoms with Crippen molar-refractivity contribution in [3.63, 3.8) is 0 Å². The number of nitrogens with zero attached hydrogens (tertiary/aromatic N) is 3. The van der Waals surface area contributed by atoms with E-state index in [4.69, 9.17) is 16.3 Å². The van der Waals surface area contributed by atoms with Gasteiger partial charge in [0.25, 0.3) is 18.2 Å². The molecule has 0 N–H and O–H groups in total. The van der Waals surface area contributed by atoms with Gasteiger partial charge in [-0.05, 0) is 23.8 Å². The van der Waals surface area contributed by atoms with Gasteiger partial charge in [0.1, 0.15) is 6.61 Å². The highest BCUT2D eigenvalue weighted by Crippen LogP contribution is 2.33. The number of hydrogen-bond donors (Lipinski definition) is 0. The third-order valence-electron chi connectivity index (χ3n) is 4.32. The Morgan fingerprint density at radius 3 is 2.47 bits per heavy atom. The molecule has 3 rings (SSSR count). The molecule has 0 spiro atoms. The van der Waals surface area contributed by atoms with Crippen LogP contribution in [0.2, 0.25) is 5.02 Å². The smallest absolute Gasteiger partial charge is 0.286 e. The number of carbonyl (C=O) groups excluding carboxylic acids is 2. The first-order valence-electron chi connectivity index (χ1n) is 8.86. The number of ether oxygens (including phenoxy) is 1. The minimum atomic E-state index is -2.93. The predicted molar refractivity (Wildman–Crippen MR) is 109 cm³/mol. The number of aryl methyl sites for hydroxylation is 1. The van der Waals surface area contributed by atoms with Crippen molar-refractivity contribution in [3.05, 3.63) is 71.0 Å². The van der Waals surface area contributed by atoms with Gasteiger partial charge >= 0.3 is 0 Å². The molecule has 6 nitrogen and oxygen atoms in total. The summed E-state index contributed by atoms with van der Waals surface area (Å²) in [5, 5.41) is 4.39. The summed E-state index contributed by atoms with van der Waals surface area (Å²) in [5.41, 5.74) is 0.400. The molecule has 0 saturated heterocycles. The lowest BCUT2D eigenvalue weighted by molar-refractivity contribution is -0.121. The Bertz CT molecular complexity index is 1070. The van der Waals surface area contributed by atoms with Crippen LogP contribution in [0.3, 0.4) is 0 Å². The van der Waals surface area contributed by atoms with Crippen molar-refractivity contribution in [2.45, 2.75) is 6.43 Å². The SMILES string of the molecule is COCC(=O)N(C(=O)c1nn(C)cc1C(F)F)c1ccccc1-c1ccc(Cl)cc1. The number of para-hydroxylation sites is 1. The van der Waals surface area contributed by atoms with E-state index in [2.05, 4.69) is 5.10 Å². The molecule has 0 fully saturated rings. The van der Waals surface area contributed by atoms with E-state index in [0.717, 1.165) is 15.8 Å². The standard InChI is InChI=1S/C21H18ClF2N3O3/c1-26-11-16(20(23)24)19(25-26)21(29)27(18(28)12-30-2)17-6-4-3-5-15(17)13-7-9-14(22)10-8-13/h3-11,20H,12H2,1-2H3. The van der Waals surface area contributed by atoms with Gasteiger partial charge in [-0.15, -0.1) is 0 Å². The molecule has 156 valence electrons. The van der Waals surface area contributed by atoms with Crippen LogP contribution in [0.5, 0.6) is 0 Å². The average molecular weight is 434 g/mol. The van der Waals surface area contributed by atoms with Gasteiger partial charge in [-0.25, -0.2) is 13.7 Å². The van der Waals surface area contributed by atoms with E-state index in [1.54, 1.807) is 48.5 Å². The first-order valence-corrected chi connectivity index (χ1v) is 9.24. The molecule has 0 atom stereocenters. The van der Waals surface area contributed by atoms with Crippen molar-refractivity contribution < 1.29 is 23.1 Å². The largest absolute Gasteiger partial charge is 0.375 e. The maximum atomic E-state index is 13.5. The van der Waals surface area contributed by atoms with Crippen LogP contribution >= 0.6 is 11.6 Å². The lowest BCUT2D eigenvalue weighted by Crippen LogP contribution is -2.40. The van der Waals surface area contributed by atoms with Crippen LogP contribution in [0.25, 0.3) is 11.1 Å². The van der Waals surface area contributed by atoms with Crippen LogP contribution in [-0.2, 0) is 16.6 Å². The highest BCUT2D eigenvalue weighted by molar-refractivity contribution is 6.30. The first kappa shape index (κ1) is 21.6. The second-order valence-electron chi connectivity index (χ2n) is 6.40. The summed E-state index contributed by atoms with van der Waals surface area (Å²) in [5.74, 6) is -1.68. The Kier molecular flexibility index (Phi) is 6.59. The van der Waals surface area contributed by atoms with Crippen LogP contribution in [-0.4, -0.2) is 35.3 Å². The molecule has 0 bridgehead atoms. The topological polar surface area (TPSA) is 64.4 Å². The number of benzene rings is 2. The fourth-order valence-corrected chi connectivity index (χ4v) is 3.15. The molecule has 0 aliphatic rings. The van der Waals surface area contributed by atoms with Crippen molar-refractivity contribution in [2.24, 2.45) is 7.05 Å². The monoisotopic (exact) mass is 433 g/mol. The zero-order chi connectivity index (χ0) is 21.8. The minimum absolute atomic E-state index is 0.220. The second kappa shape index (κ2) is 9.15. The van der Waals surface area contributed by atoms with Crippen molar-refractivity contribution in [1.82, 2.24) is 9.78 Å². The highest BCUT2D eigenvalue weighted by Gasteiger charge is 2.32.